The molecular formula is C27H21ClN2O4. The molecule has 0 radical (unpaired) electrons. The lowest BCUT2D eigenvalue weighted by Gasteiger charge is -2.25. The monoisotopic (exact) mass is 472 g/mol. The first kappa shape index (κ1) is 21.8. The number of hydrogen-bond donors (Lipinski definition) is 3. The number of aliphatic hydroxyl groups is 1. The lowest BCUT2D eigenvalue weighted by molar-refractivity contribution is -0.139. The van der Waals surface area contributed by atoms with E-state index in [1.54, 1.807) is 30.3 Å². The van der Waals surface area contributed by atoms with Crippen LogP contribution in [0.5, 0.6) is 5.75 Å². The number of para-hydroxylation sites is 1. The largest absolute Gasteiger partial charge is 0.508 e. The van der Waals surface area contributed by atoms with Gasteiger partial charge in [-0.15, -0.1) is 0 Å². The Kier molecular flexibility index (Phi) is 5.59. The number of halogens is 1. The van der Waals surface area contributed by atoms with Gasteiger partial charge < -0.3 is 20.1 Å². The van der Waals surface area contributed by atoms with Gasteiger partial charge in [0.2, 0.25) is 0 Å². The minimum absolute atomic E-state index is 0.00229. The minimum Gasteiger partial charge on any atom is -0.508 e. The average Bonchev–Trinajstić information content (AvgIpc) is 3.36. The van der Waals surface area contributed by atoms with E-state index in [1.807, 2.05) is 30.5 Å². The molecule has 1 aromatic heterocycles. The molecule has 0 bridgehead atoms. The molecule has 170 valence electrons. The summed E-state index contributed by atoms with van der Waals surface area (Å²) in [4.78, 5) is 31.0. The van der Waals surface area contributed by atoms with Gasteiger partial charge in [-0.2, -0.15) is 0 Å². The number of aromatic nitrogens is 1. The number of fused-ring (bicyclic) bond motifs is 1. The number of carbonyl (C=O) groups excluding carboxylic acids is 2. The third-order valence-corrected chi connectivity index (χ3v) is 6.36. The van der Waals surface area contributed by atoms with Crippen molar-refractivity contribution < 1.29 is 19.8 Å². The Labute approximate surface area is 200 Å². The number of amides is 1. The zero-order valence-corrected chi connectivity index (χ0v) is 18.8. The second-order valence-corrected chi connectivity index (χ2v) is 8.64. The van der Waals surface area contributed by atoms with Gasteiger partial charge >= 0.3 is 0 Å². The number of nitrogens with one attached hydrogen (secondary N) is 1. The molecule has 3 aromatic carbocycles. The predicted octanol–water partition coefficient (Wildman–Crippen LogP) is 5.19. The van der Waals surface area contributed by atoms with Crippen molar-refractivity contribution in [2.75, 3.05) is 6.54 Å². The van der Waals surface area contributed by atoms with Crippen LogP contribution in [0.15, 0.2) is 84.6 Å². The lowest BCUT2D eigenvalue weighted by atomic mass is 9.95. The molecule has 0 aliphatic carbocycles. The first-order valence-corrected chi connectivity index (χ1v) is 11.2. The molecule has 0 saturated carbocycles. The fraction of sp³-hybridized carbons (Fsp3) is 0.111. The molecule has 1 atom stereocenters. The highest BCUT2D eigenvalue weighted by molar-refractivity contribution is 6.46. The van der Waals surface area contributed by atoms with Gasteiger partial charge in [-0.3, -0.25) is 9.59 Å². The second kappa shape index (κ2) is 8.72. The van der Waals surface area contributed by atoms with Crippen molar-refractivity contribution in [3.05, 3.63) is 106 Å². The van der Waals surface area contributed by atoms with Crippen LogP contribution in [0.1, 0.15) is 22.7 Å². The van der Waals surface area contributed by atoms with Gasteiger partial charge in [0.25, 0.3) is 11.7 Å². The number of H-pyrrole nitrogens is 1. The van der Waals surface area contributed by atoms with Gasteiger partial charge in [0.1, 0.15) is 11.5 Å². The Morgan fingerprint density at radius 3 is 2.59 bits per heavy atom. The molecule has 5 rings (SSSR count). The number of hydrogen-bond acceptors (Lipinski definition) is 4. The van der Waals surface area contributed by atoms with Crippen LogP contribution in [0, 0.1) is 0 Å². The number of phenolic OH excluding ortho intramolecular Hbond substituents is 1. The van der Waals surface area contributed by atoms with E-state index in [0.29, 0.717) is 22.6 Å². The number of aromatic hydroxyl groups is 1. The first-order chi connectivity index (χ1) is 16.4. The zero-order chi connectivity index (χ0) is 23.8. The summed E-state index contributed by atoms with van der Waals surface area (Å²) in [5.41, 5.74) is 2.85. The number of aliphatic hydroxyl groups excluding tert-OH is 1. The van der Waals surface area contributed by atoms with Crippen LogP contribution in [0.4, 0.5) is 0 Å². The second-order valence-electron chi connectivity index (χ2n) is 8.21. The SMILES string of the molecule is O=C1C(=O)N(CCc2c[nH]c3ccccc23)C(c2cccc(O)c2)/C1=C(\O)c1cccc(Cl)c1. The van der Waals surface area contributed by atoms with E-state index in [0.717, 1.165) is 16.5 Å². The van der Waals surface area contributed by atoms with Crippen molar-refractivity contribution in [2.24, 2.45) is 0 Å². The summed E-state index contributed by atoms with van der Waals surface area (Å²) in [5.74, 6) is -1.77. The van der Waals surface area contributed by atoms with Crippen LogP contribution < -0.4 is 0 Å². The smallest absolute Gasteiger partial charge is 0.295 e. The summed E-state index contributed by atoms with van der Waals surface area (Å²) in [6, 6.07) is 19.9. The molecule has 34 heavy (non-hydrogen) atoms. The number of benzene rings is 3. The van der Waals surface area contributed by atoms with E-state index in [-0.39, 0.29) is 23.6 Å². The van der Waals surface area contributed by atoms with E-state index in [9.17, 15) is 19.8 Å². The van der Waals surface area contributed by atoms with Gasteiger partial charge in [0, 0.05) is 34.2 Å². The molecule has 2 heterocycles. The molecule has 6 nitrogen and oxygen atoms in total. The maximum absolute atomic E-state index is 13.1. The van der Waals surface area contributed by atoms with Crippen LogP contribution in [-0.4, -0.2) is 38.3 Å². The van der Waals surface area contributed by atoms with Crippen molar-refractivity contribution in [1.82, 2.24) is 9.88 Å². The molecule has 1 amide bonds. The molecule has 3 N–H and O–H groups in total. The third-order valence-electron chi connectivity index (χ3n) is 6.12. The normalized spacial score (nSPS) is 17.6. The number of rotatable bonds is 5. The average molecular weight is 473 g/mol. The van der Waals surface area contributed by atoms with Crippen molar-refractivity contribution in [1.29, 1.82) is 0 Å². The molecule has 1 unspecified atom stereocenters. The third kappa shape index (κ3) is 3.82. The Morgan fingerprint density at radius 1 is 1.00 bits per heavy atom. The number of likely N-dealkylation sites (tertiary alicyclic amines) is 1. The summed E-state index contributed by atoms with van der Waals surface area (Å²) in [5, 5.41) is 22.6. The highest BCUT2D eigenvalue weighted by Crippen LogP contribution is 2.40. The van der Waals surface area contributed by atoms with Gasteiger partial charge in [0.15, 0.2) is 0 Å². The zero-order valence-electron chi connectivity index (χ0n) is 18.0. The van der Waals surface area contributed by atoms with Crippen molar-refractivity contribution in [2.45, 2.75) is 12.5 Å². The first-order valence-electron chi connectivity index (χ1n) is 10.8. The van der Waals surface area contributed by atoms with Crippen molar-refractivity contribution in [3.8, 4) is 5.75 Å². The summed E-state index contributed by atoms with van der Waals surface area (Å²) in [6.07, 6.45) is 2.40. The maximum Gasteiger partial charge on any atom is 0.295 e. The molecule has 1 fully saturated rings. The van der Waals surface area contributed by atoms with Crippen LogP contribution in [-0.2, 0) is 16.0 Å². The quantitative estimate of drug-likeness (QED) is 0.211. The fourth-order valence-electron chi connectivity index (χ4n) is 4.52. The van der Waals surface area contributed by atoms with Gasteiger partial charge in [-0.05, 0) is 47.9 Å². The molecule has 4 aromatic rings. The van der Waals surface area contributed by atoms with Crippen LogP contribution >= 0.6 is 11.6 Å². The van der Waals surface area contributed by atoms with Gasteiger partial charge in [-0.25, -0.2) is 0 Å². The van der Waals surface area contributed by atoms with E-state index >= 15 is 0 Å². The molecule has 1 aliphatic rings. The summed E-state index contributed by atoms with van der Waals surface area (Å²) < 4.78 is 0. The number of phenols is 1. The van der Waals surface area contributed by atoms with Gasteiger partial charge in [-0.1, -0.05) is 54.1 Å². The Balaban J connectivity index is 1.58. The minimum atomic E-state index is -0.851. The predicted molar refractivity (Wildman–Crippen MR) is 131 cm³/mol. The van der Waals surface area contributed by atoms with Crippen molar-refractivity contribution >= 4 is 40.0 Å². The standard InChI is InChI=1S/C27H21ClN2O4/c28-19-7-3-6-17(13-19)25(32)23-24(16-5-4-8-20(31)14-16)30(27(34)26(23)33)12-11-18-15-29-22-10-2-1-9-21(18)22/h1-10,13-15,24,29,31-32H,11-12H2/b25-23+. The molecule has 1 saturated heterocycles. The van der Waals surface area contributed by atoms with E-state index in [4.69, 9.17) is 11.6 Å². The van der Waals surface area contributed by atoms with Crippen molar-refractivity contribution in [3.63, 3.8) is 0 Å². The topological polar surface area (TPSA) is 93.6 Å². The van der Waals surface area contributed by atoms with E-state index in [1.165, 1.54) is 23.1 Å². The fourth-order valence-corrected chi connectivity index (χ4v) is 4.71. The molecule has 1 aliphatic heterocycles. The number of ketones is 1. The van der Waals surface area contributed by atoms with Crippen LogP contribution in [0.3, 0.4) is 0 Å². The Hall–Kier alpha value is -4.03. The number of nitrogens with zero attached hydrogens (tertiary/aromatic N) is 1. The van der Waals surface area contributed by atoms with Gasteiger partial charge in [0.05, 0.1) is 11.6 Å². The maximum atomic E-state index is 13.1. The lowest BCUT2D eigenvalue weighted by Crippen LogP contribution is -2.31. The number of aromatic amines is 1. The summed E-state index contributed by atoms with van der Waals surface area (Å²) in [6.45, 7) is 0.249. The highest BCUT2D eigenvalue weighted by atomic mass is 35.5. The summed E-state index contributed by atoms with van der Waals surface area (Å²) in [7, 11) is 0. The molecule has 0 spiro atoms. The molecular weight excluding hydrogens is 452 g/mol. The number of carbonyl (C=O) groups is 2. The Morgan fingerprint density at radius 2 is 1.79 bits per heavy atom. The van der Waals surface area contributed by atoms with Crippen LogP contribution in [0.25, 0.3) is 16.7 Å². The Bertz CT molecular complexity index is 1460. The van der Waals surface area contributed by atoms with Crippen LogP contribution in [0.2, 0.25) is 5.02 Å². The van der Waals surface area contributed by atoms with E-state index in [2.05, 4.69) is 4.98 Å². The number of Topliss-reactive ketones (excluding diaryl/α,β-unsaturated/α-hetero) is 1. The van der Waals surface area contributed by atoms with E-state index < -0.39 is 17.7 Å². The molecule has 7 heteroatoms. The highest BCUT2D eigenvalue weighted by Gasteiger charge is 2.46. The summed E-state index contributed by atoms with van der Waals surface area (Å²) >= 11 is 6.09.